The van der Waals surface area contributed by atoms with Gasteiger partial charge in [-0.1, -0.05) is 22.0 Å². The molecule has 3 nitrogen and oxygen atoms in total. The van der Waals surface area contributed by atoms with E-state index in [2.05, 4.69) is 43.8 Å². The van der Waals surface area contributed by atoms with Crippen LogP contribution < -0.4 is 11.1 Å². The van der Waals surface area contributed by atoms with Crippen molar-refractivity contribution in [2.45, 2.75) is 13.8 Å². The molecule has 1 amide bonds. The number of rotatable bonds is 2. The zero-order chi connectivity index (χ0) is 14.9. The lowest BCUT2D eigenvalue weighted by Crippen LogP contribution is -2.16. The maximum atomic E-state index is 12.4. The summed E-state index contributed by atoms with van der Waals surface area (Å²) in [4.78, 5) is 12.4. The minimum absolute atomic E-state index is 0.156. The lowest BCUT2D eigenvalue weighted by Gasteiger charge is -2.14. The molecule has 0 saturated carbocycles. The molecule has 2 rings (SSSR count). The Balaban J connectivity index is 2.38. The molecular formula is C15H14BrIN2O. The van der Waals surface area contributed by atoms with Crippen molar-refractivity contribution in [2.24, 2.45) is 0 Å². The second-order valence-corrected chi connectivity index (χ2v) is 6.63. The van der Waals surface area contributed by atoms with E-state index in [1.54, 1.807) is 6.07 Å². The summed E-state index contributed by atoms with van der Waals surface area (Å²) < 4.78 is 1.77. The average molecular weight is 445 g/mol. The summed E-state index contributed by atoms with van der Waals surface area (Å²) in [6, 6.07) is 9.36. The van der Waals surface area contributed by atoms with Gasteiger partial charge in [-0.3, -0.25) is 4.79 Å². The molecule has 0 fully saturated rings. The number of halogens is 2. The topological polar surface area (TPSA) is 55.1 Å². The summed E-state index contributed by atoms with van der Waals surface area (Å²) in [6.07, 6.45) is 0. The third kappa shape index (κ3) is 3.15. The summed E-state index contributed by atoms with van der Waals surface area (Å²) in [5.74, 6) is -0.156. The van der Waals surface area contributed by atoms with E-state index >= 15 is 0 Å². The first-order valence-corrected chi connectivity index (χ1v) is 7.89. The molecule has 0 aliphatic heterocycles. The second kappa shape index (κ2) is 6.13. The SMILES string of the molecule is Cc1ccc(N)c(NC(=O)c2cc(Br)ccc2I)c1C. The fourth-order valence-corrected chi connectivity index (χ4v) is 2.80. The number of benzene rings is 2. The van der Waals surface area contributed by atoms with Crippen LogP contribution in [0.2, 0.25) is 0 Å². The van der Waals surface area contributed by atoms with Crippen LogP contribution in [0, 0.1) is 17.4 Å². The number of nitrogens with one attached hydrogen (secondary N) is 1. The highest BCUT2D eigenvalue weighted by atomic mass is 127. The molecule has 0 aliphatic carbocycles. The number of amides is 1. The highest BCUT2D eigenvalue weighted by Gasteiger charge is 2.14. The fourth-order valence-electron chi connectivity index (χ4n) is 1.86. The molecule has 0 heterocycles. The predicted octanol–water partition coefficient (Wildman–Crippen LogP) is 4.51. The Kier molecular flexibility index (Phi) is 4.70. The van der Waals surface area contributed by atoms with Gasteiger partial charge in [0.25, 0.3) is 5.91 Å². The van der Waals surface area contributed by atoms with E-state index < -0.39 is 0 Å². The van der Waals surface area contributed by atoms with Gasteiger partial charge in [0.05, 0.1) is 16.9 Å². The van der Waals surface area contributed by atoms with E-state index in [9.17, 15) is 4.79 Å². The van der Waals surface area contributed by atoms with E-state index in [0.29, 0.717) is 16.9 Å². The lowest BCUT2D eigenvalue weighted by molar-refractivity contribution is 0.102. The zero-order valence-corrected chi connectivity index (χ0v) is 14.9. The number of hydrogen-bond donors (Lipinski definition) is 2. The number of aryl methyl sites for hydroxylation is 1. The van der Waals surface area contributed by atoms with Crippen molar-refractivity contribution in [2.75, 3.05) is 11.1 Å². The van der Waals surface area contributed by atoms with Crippen molar-refractivity contribution in [3.63, 3.8) is 0 Å². The third-order valence-electron chi connectivity index (χ3n) is 3.18. The van der Waals surface area contributed by atoms with Crippen LogP contribution in [0.4, 0.5) is 11.4 Å². The molecule has 0 atom stereocenters. The van der Waals surface area contributed by atoms with Crippen molar-refractivity contribution in [3.05, 3.63) is 55.1 Å². The Hall–Kier alpha value is -1.08. The normalized spacial score (nSPS) is 10.4. The zero-order valence-electron chi connectivity index (χ0n) is 11.1. The van der Waals surface area contributed by atoms with Gasteiger partial charge in [0, 0.05) is 8.04 Å². The Morgan fingerprint density at radius 3 is 2.65 bits per heavy atom. The van der Waals surface area contributed by atoms with E-state index in [1.807, 2.05) is 38.1 Å². The molecular weight excluding hydrogens is 431 g/mol. The minimum Gasteiger partial charge on any atom is -0.397 e. The molecule has 3 N–H and O–H groups in total. The van der Waals surface area contributed by atoms with E-state index in [0.717, 1.165) is 19.2 Å². The first kappa shape index (κ1) is 15.3. The monoisotopic (exact) mass is 444 g/mol. The summed E-state index contributed by atoms with van der Waals surface area (Å²) in [7, 11) is 0. The lowest BCUT2D eigenvalue weighted by atomic mass is 10.1. The van der Waals surface area contributed by atoms with E-state index in [1.165, 1.54) is 0 Å². The summed E-state index contributed by atoms with van der Waals surface area (Å²) in [6.45, 7) is 3.94. The van der Waals surface area contributed by atoms with Gasteiger partial charge < -0.3 is 11.1 Å². The van der Waals surface area contributed by atoms with Crippen LogP contribution in [0.3, 0.4) is 0 Å². The number of nitrogen functional groups attached to an aromatic ring is 1. The minimum atomic E-state index is -0.156. The van der Waals surface area contributed by atoms with Crippen molar-refractivity contribution in [3.8, 4) is 0 Å². The number of hydrogen-bond acceptors (Lipinski definition) is 2. The van der Waals surface area contributed by atoms with Crippen LogP contribution in [0.15, 0.2) is 34.8 Å². The smallest absolute Gasteiger partial charge is 0.256 e. The number of anilines is 2. The molecule has 0 aromatic heterocycles. The van der Waals surface area contributed by atoms with Crippen molar-refractivity contribution < 1.29 is 4.79 Å². The molecule has 104 valence electrons. The van der Waals surface area contributed by atoms with Gasteiger partial charge in [0.15, 0.2) is 0 Å². The molecule has 0 aliphatic rings. The Labute approximate surface area is 140 Å². The van der Waals surface area contributed by atoms with Gasteiger partial charge in [-0.25, -0.2) is 0 Å². The molecule has 0 radical (unpaired) electrons. The second-order valence-electron chi connectivity index (χ2n) is 4.55. The first-order valence-electron chi connectivity index (χ1n) is 6.02. The Bertz CT molecular complexity index is 686. The van der Waals surface area contributed by atoms with Gasteiger partial charge in [0.2, 0.25) is 0 Å². The number of nitrogens with two attached hydrogens (primary N) is 1. The highest BCUT2D eigenvalue weighted by Crippen LogP contribution is 2.27. The predicted molar refractivity (Wildman–Crippen MR) is 95.1 cm³/mol. The van der Waals surface area contributed by atoms with Crippen molar-refractivity contribution in [1.29, 1.82) is 0 Å². The van der Waals surface area contributed by atoms with Crippen LogP contribution in [0.1, 0.15) is 21.5 Å². The standard InChI is InChI=1S/C15H14BrIN2O/c1-8-3-6-13(18)14(9(8)2)19-15(20)11-7-10(16)4-5-12(11)17/h3-7H,18H2,1-2H3,(H,19,20). The van der Waals surface area contributed by atoms with Gasteiger partial charge in [-0.15, -0.1) is 0 Å². The van der Waals surface area contributed by atoms with Crippen LogP contribution in [-0.2, 0) is 0 Å². The van der Waals surface area contributed by atoms with Gasteiger partial charge >= 0.3 is 0 Å². The Morgan fingerprint density at radius 1 is 1.25 bits per heavy atom. The molecule has 0 bridgehead atoms. The molecule has 0 saturated heterocycles. The van der Waals surface area contributed by atoms with E-state index in [4.69, 9.17) is 5.73 Å². The van der Waals surface area contributed by atoms with E-state index in [-0.39, 0.29) is 5.91 Å². The maximum absolute atomic E-state index is 12.4. The van der Waals surface area contributed by atoms with Gasteiger partial charge in [-0.2, -0.15) is 0 Å². The Morgan fingerprint density at radius 2 is 1.95 bits per heavy atom. The summed E-state index contributed by atoms with van der Waals surface area (Å²) >= 11 is 5.53. The fraction of sp³-hybridized carbons (Fsp3) is 0.133. The van der Waals surface area contributed by atoms with Crippen LogP contribution >= 0.6 is 38.5 Å². The number of carbonyl (C=O) groups is 1. The maximum Gasteiger partial charge on any atom is 0.256 e. The summed E-state index contributed by atoms with van der Waals surface area (Å²) in [5, 5.41) is 2.91. The van der Waals surface area contributed by atoms with Crippen molar-refractivity contribution in [1.82, 2.24) is 0 Å². The molecule has 0 unspecified atom stereocenters. The molecule has 2 aromatic rings. The quantitative estimate of drug-likeness (QED) is 0.529. The number of carbonyl (C=O) groups excluding carboxylic acids is 1. The first-order chi connectivity index (χ1) is 9.40. The molecule has 2 aromatic carbocycles. The largest absolute Gasteiger partial charge is 0.397 e. The van der Waals surface area contributed by atoms with Gasteiger partial charge in [-0.05, 0) is 71.8 Å². The van der Waals surface area contributed by atoms with Gasteiger partial charge in [0.1, 0.15) is 0 Å². The third-order valence-corrected chi connectivity index (χ3v) is 4.61. The summed E-state index contributed by atoms with van der Waals surface area (Å²) in [5.41, 5.74) is 9.93. The van der Waals surface area contributed by atoms with Crippen LogP contribution in [-0.4, -0.2) is 5.91 Å². The average Bonchev–Trinajstić information content (AvgIpc) is 2.41. The van der Waals surface area contributed by atoms with Crippen LogP contribution in [0.5, 0.6) is 0 Å². The molecule has 5 heteroatoms. The highest BCUT2D eigenvalue weighted by molar-refractivity contribution is 14.1. The van der Waals surface area contributed by atoms with Crippen molar-refractivity contribution >= 4 is 55.8 Å². The molecule has 0 spiro atoms. The van der Waals surface area contributed by atoms with Crippen LogP contribution in [0.25, 0.3) is 0 Å². The molecule has 20 heavy (non-hydrogen) atoms.